The minimum atomic E-state index is -0.436. The van der Waals surface area contributed by atoms with Gasteiger partial charge in [0.2, 0.25) is 0 Å². The Morgan fingerprint density at radius 2 is 1.91 bits per heavy atom. The SMILES string of the molecule is CCn1cc(-c2ccnc3c(C(=O)Nc4nn(Cc5ccc(F)cc5)cc4Cl)cnn23)c(C)n1. The van der Waals surface area contributed by atoms with Crippen molar-refractivity contribution in [3.63, 3.8) is 0 Å². The van der Waals surface area contributed by atoms with Crippen LogP contribution in [0.2, 0.25) is 5.02 Å². The van der Waals surface area contributed by atoms with Gasteiger partial charge in [0.05, 0.1) is 24.1 Å². The van der Waals surface area contributed by atoms with Crippen molar-refractivity contribution < 1.29 is 9.18 Å². The average Bonchev–Trinajstić information content (AvgIpc) is 3.52. The van der Waals surface area contributed by atoms with Gasteiger partial charge in [-0.1, -0.05) is 23.7 Å². The minimum absolute atomic E-state index is 0.212. The lowest BCUT2D eigenvalue weighted by atomic mass is 10.2. The van der Waals surface area contributed by atoms with Gasteiger partial charge in [-0.2, -0.15) is 15.3 Å². The highest BCUT2D eigenvalue weighted by Gasteiger charge is 2.20. The highest BCUT2D eigenvalue weighted by molar-refractivity contribution is 6.33. The average molecular weight is 479 g/mol. The van der Waals surface area contributed by atoms with E-state index in [4.69, 9.17) is 11.6 Å². The van der Waals surface area contributed by atoms with Crippen molar-refractivity contribution in [1.29, 1.82) is 0 Å². The van der Waals surface area contributed by atoms with E-state index in [1.54, 1.807) is 33.7 Å². The van der Waals surface area contributed by atoms with Crippen LogP contribution in [0.4, 0.5) is 10.2 Å². The maximum absolute atomic E-state index is 13.1. The summed E-state index contributed by atoms with van der Waals surface area (Å²) in [5, 5.41) is 16.2. The van der Waals surface area contributed by atoms with Crippen LogP contribution in [0.25, 0.3) is 16.9 Å². The van der Waals surface area contributed by atoms with Gasteiger partial charge in [0.1, 0.15) is 16.4 Å². The van der Waals surface area contributed by atoms with Gasteiger partial charge in [0.25, 0.3) is 5.91 Å². The first-order valence-corrected chi connectivity index (χ1v) is 11.0. The fourth-order valence-corrected chi connectivity index (χ4v) is 3.90. The Kier molecular flexibility index (Phi) is 5.58. The number of aryl methyl sites for hydroxylation is 2. The van der Waals surface area contributed by atoms with Crippen LogP contribution < -0.4 is 5.32 Å². The monoisotopic (exact) mass is 478 g/mol. The molecule has 0 aliphatic rings. The van der Waals surface area contributed by atoms with E-state index in [0.29, 0.717) is 12.2 Å². The second-order valence-corrected chi connectivity index (χ2v) is 8.12. The molecule has 0 saturated heterocycles. The Hall–Kier alpha value is -4.05. The number of hydrogen-bond donors (Lipinski definition) is 1. The zero-order chi connectivity index (χ0) is 23.8. The second-order valence-electron chi connectivity index (χ2n) is 7.71. The maximum atomic E-state index is 13.1. The molecule has 0 radical (unpaired) electrons. The highest BCUT2D eigenvalue weighted by Crippen LogP contribution is 2.25. The first-order valence-electron chi connectivity index (χ1n) is 10.6. The summed E-state index contributed by atoms with van der Waals surface area (Å²) in [5.74, 6) is -0.534. The Morgan fingerprint density at radius 3 is 2.65 bits per heavy atom. The lowest BCUT2D eigenvalue weighted by molar-refractivity contribution is 0.102. The largest absolute Gasteiger partial charge is 0.304 e. The summed E-state index contributed by atoms with van der Waals surface area (Å²) in [4.78, 5) is 17.4. The fraction of sp³-hybridized carbons (Fsp3) is 0.174. The molecule has 0 aliphatic carbocycles. The summed E-state index contributed by atoms with van der Waals surface area (Å²) < 4.78 is 18.2. The molecule has 34 heavy (non-hydrogen) atoms. The quantitative estimate of drug-likeness (QED) is 0.394. The molecule has 9 nitrogen and oxygen atoms in total. The zero-order valence-corrected chi connectivity index (χ0v) is 19.2. The molecule has 4 heterocycles. The third-order valence-electron chi connectivity index (χ3n) is 5.40. The predicted molar refractivity (Wildman–Crippen MR) is 125 cm³/mol. The van der Waals surface area contributed by atoms with E-state index < -0.39 is 5.91 Å². The Morgan fingerprint density at radius 1 is 1.12 bits per heavy atom. The van der Waals surface area contributed by atoms with E-state index in [2.05, 4.69) is 25.6 Å². The van der Waals surface area contributed by atoms with Gasteiger partial charge in [0, 0.05) is 30.7 Å². The smallest absolute Gasteiger partial charge is 0.262 e. The van der Waals surface area contributed by atoms with E-state index in [1.165, 1.54) is 18.3 Å². The van der Waals surface area contributed by atoms with E-state index >= 15 is 0 Å². The number of amides is 1. The molecular formula is C23H20ClFN8O. The standard InChI is InChI=1S/C23H20ClFN8O/c1-3-31-12-18(14(2)29-31)20-8-9-26-22-17(10-27-33(20)22)23(34)28-21-19(24)13-32(30-21)11-15-4-6-16(25)7-5-15/h4-10,12-13H,3,11H2,1-2H3,(H,28,30,34). The topological polar surface area (TPSA) is 94.9 Å². The maximum Gasteiger partial charge on any atom is 0.262 e. The van der Waals surface area contributed by atoms with Gasteiger partial charge >= 0.3 is 0 Å². The van der Waals surface area contributed by atoms with Crippen LogP contribution in [0.15, 0.2) is 55.1 Å². The van der Waals surface area contributed by atoms with Crippen LogP contribution in [-0.4, -0.2) is 40.1 Å². The molecule has 0 saturated carbocycles. The number of benzene rings is 1. The third kappa shape index (κ3) is 4.03. The number of halogens is 2. The van der Waals surface area contributed by atoms with Gasteiger partial charge in [-0.3, -0.25) is 14.2 Å². The van der Waals surface area contributed by atoms with Crippen LogP contribution in [0.1, 0.15) is 28.5 Å². The van der Waals surface area contributed by atoms with Crippen LogP contribution in [0, 0.1) is 12.7 Å². The van der Waals surface area contributed by atoms with Crippen LogP contribution in [0.5, 0.6) is 0 Å². The Balaban J connectivity index is 1.41. The number of nitrogens with one attached hydrogen (secondary N) is 1. The number of aromatic nitrogens is 7. The number of anilines is 1. The molecule has 172 valence electrons. The van der Waals surface area contributed by atoms with E-state index in [0.717, 1.165) is 29.1 Å². The molecule has 1 N–H and O–H groups in total. The first-order chi connectivity index (χ1) is 16.4. The van der Waals surface area contributed by atoms with E-state index in [1.807, 2.05) is 30.8 Å². The highest BCUT2D eigenvalue weighted by atomic mass is 35.5. The molecule has 11 heteroatoms. The molecule has 0 atom stereocenters. The number of carbonyl (C=O) groups excluding carboxylic acids is 1. The third-order valence-corrected chi connectivity index (χ3v) is 5.68. The zero-order valence-electron chi connectivity index (χ0n) is 18.4. The van der Waals surface area contributed by atoms with Gasteiger partial charge in [-0.15, -0.1) is 0 Å². The van der Waals surface area contributed by atoms with Crippen LogP contribution >= 0.6 is 11.6 Å². The van der Waals surface area contributed by atoms with Crippen molar-refractivity contribution >= 4 is 29.0 Å². The van der Waals surface area contributed by atoms with E-state index in [9.17, 15) is 9.18 Å². The summed E-state index contributed by atoms with van der Waals surface area (Å²) in [6.07, 6.45) is 6.64. The van der Waals surface area contributed by atoms with E-state index in [-0.39, 0.29) is 22.2 Å². The molecule has 0 aliphatic heterocycles. The van der Waals surface area contributed by atoms with Gasteiger partial charge in [0.15, 0.2) is 11.5 Å². The molecular weight excluding hydrogens is 459 g/mol. The summed E-state index contributed by atoms with van der Waals surface area (Å²) >= 11 is 6.30. The van der Waals surface area contributed by atoms with Gasteiger partial charge in [-0.05, 0) is 37.6 Å². The Labute approximate surface area is 198 Å². The molecule has 4 aromatic heterocycles. The summed E-state index contributed by atoms with van der Waals surface area (Å²) in [6, 6.07) is 7.92. The van der Waals surface area contributed by atoms with Crippen molar-refractivity contribution in [2.75, 3.05) is 5.32 Å². The minimum Gasteiger partial charge on any atom is -0.304 e. The molecule has 0 unspecified atom stereocenters. The fourth-order valence-electron chi connectivity index (χ4n) is 3.70. The van der Waals surface area contributed by atoms with Crippen molar-refractivity contribution in [3.05, 3.63) is 82.8 Å². The summed E-state index contributed by atoms with van der Waals surface area (Å²) in [5.41, 5.74) is 4.08. The molecule has 1 aromatic carbocycles. The second kappa shape index (κ2) is 8.71. The number of fused-ring (bicyclic) bond motifs is 1. The van der Waals surface area contributed by atoms with Crippen molar-refractivity contribution in [3.8, 4) is 11.3 Å². The van der Waals surface area contributed by atoms with Crippen molar-refractivity contribution in [2.45, 2.75) is 26.9 Å². The van der Waals surface area contributed by atoms with Gasteiger partial charge in [-0.25, -0.2) is 13.9 Å². The number of rotatable bonds is 6. The molecule has 1 amide bonds. The molecule has 0 bridgehead atoms. The summed E-state index contributed by atoms with van der Waals surface area (Å²) in [6.45, 7) is 5.06. The molecule has 0 spiro atoms. The number of hydrogen-bond acceptors (Lipinski definition) is 5. The van der Waals surface area contributed by atoms with Crippen LogP contribution in [0.3, 0.4) is 0 Å². The molecule has 0 fully saturated rings. The lowest BCUT2D eigenvalue weighted by Crippen LogP contribution is -2.13. The molecule has 5 rings (SSSR count). The number of carbonyl (C=O) groups is 1. The predicted octanol–water partition coefficient (Wildman–Crippen LogP) is 4.21. The normalized spacial score (nSPS) is 11.3. The lowest BCUT2D eigenvalue weighted by Gasteiger charge is -2.04. The van der Waals surface area contributed by atoms with Crippen LogP contribution in [-0.2, 0) is 13.1 Å². The van der Waals surface area contributed by atoms with Crippen molar-refractivity contribution in [1.82, 2.24) is 34.2 Å². The van der Waals surface area contributed by atoms with Gasteiger partial charge < -0.3 is 5.32 Å². The molecule has 5 aromatic rings. The summed E-state index contributed by atoms with van der Waals surface area (Å²) in [7, 11) is 0. The van der Waals surface area contributed by atoms with Crippen molar-refractivity contribution in [2.24, 2.45) is 0 Å². The Bertz CT molecular complexity index is 1500. The number of nitrogens with zero attached hydrogens (tertiary/aromatic N) is 7. The first kappa shape index (κ1) is 21.8.